The smallest absolute Gasteiger partial charge is 0.0746 e. The topological polar surface area (TPSA) is 46.2 Å². The first-order chi connectivity index (χ1) is 8.95. The molecule has 2 rings (SSSR count). The maximum absolute atomic E-state index is 11.6. The van der Waals surface area contributed by atoms with Gasteiger partial charge in [0.2, 0.25) is 0 Å². The molecule has 0 aliphatic heterocycles. The van der Waals surface area contributed by atoms with Gasteiger partial charge in [0.05, 0.1) is 5.60 Å². The molecule has 2 aliphatic rings. The second-order valence-electron chi connectivity index (χ2n) is 7.69. The van der Waals surface area contributed by atoms with Crippen molar-refractivity contribution in [2.45, 2.75) is 77.7 Å². The fraction of sp³-hybridized carbons (Fsp3) is 1.00. The lowest BCUT2D eigenvalue weighted by atomic mass is 9.52. The first-order valence-corrected chi connectivity index (χ1v) is 8.37. The third-order valence-electron chi connectivity index (χ3n) is 6.28. The van der Waals surface area contributed by atoms with Crippen molar-refractivity contribution < 1.29 is 5.11 Å². The molecule has 0 saturated heterocycles. The van der Waals surface area contributed by atoms with E-state index in [1.165, 1.54) is 32.1 Å². The molecule has 3 N–H and O–H groups in total. The van der Waals surface area contributed by atoms with Gasteiger partial charge in [-0.25, -0.2) is 0 Å². The molecule has 112 valence electrons. The summed E-state index contributed by atoms with van der Waals surface area (Å²) in [5.74, 6) is 1.82. The van der Waals surface area contributed by atoms with Gasteiger partial charge in [0.25, 0.3) is 0 Å². The van der Waals surface area contributed by atoms with Gasteiger partial charge in [0.15, 0.2) is 0 Å². The fourth-order valence-corrected chi connectivity index (χ4v) is 4.85. The van der Waals surface area contributed by atoms with Crippen LogP contribution in [0.1, 0.15) is 72.1 Å². The van der Waals surface area contributed by atoms with E-state index in [0.29, 0.717) is 18.4 Å². The highest BCUT2D eigenvalue weighted by Gasteiger charge is 2.55. The molecule has 19 heavy (non-hydrogen) atoms. The molecule has 0 aromatic heterocycles. The van der Waals surface area contributed by atoms with Crippen LogP contribution in [0.2, 0.25) is 0 Å². The molecular weight excluding hydrogens is 234 g/mol. The van der Waals surface area contributed by atoms with Gasteiger partial charge >= 0.3 is 0 Å². The number of nitrogens with two attached hydrogens (primary N) is 1. The van der Waals surface area contributed by atoms with E-state index in [-0.39, 0.29) is 5.41 Å². The molecule has 0 spiro atoms. The third-order valence-corrected chi connectivity index (χ3v) is 6.28. The van der Waals surface area contributed by atoms with Crippen molar-refractivity contribution >= 4 is 0 Å². The molecule has 0 bridgehead atoms. The minimum Gasteiger partial charge on any atom is -0.389 e. The minimum atomic E-state index is -0.506. The van der Waals surface area contributed by atoms with Gasteiger partial charge in [-0.3, -0.25) is 0 Å². The van der Waals surface area contributed by atoms with Crippen molar-refractivity contribution in [3.63, 3.8) is 0 Å². The van der Waals surface area contributed by atoms with Gasteiger partial charge in [0, 0.05) is 12.0 Å². The first kappa shape index (κ1) is 15.3. The molecule has 2 saturated carbocycles. The summed E-state index contributed by atoms with van der Waals surface area (Å²) in [5.41, 5.74) is 5.69. The minimum absolute atomic E-state index is 0.00509. The first-order valence-electron chi connectivity index (χ1n) is 8.37. The van der Waals surface area contributed by atoms with Crippen LogP contribution in [-0.2, 0) is 0 Å². The van der Waals surface area contributed by atoms with E-state index in [0.717, 1.165) is 25.2 Å². The average Bonchev–Trinajstić information content (AvgIpc) is 2.40. The predicted octanol–water partition coefficient (Wildman–Crippen LogP) is 3.72. The number of hydrogen-bond acceptors (Lipinski definition) is 2. The lowest BCUT2D eigenvalue weighted by Crippen LogP contribution is -2.60. The summed E-state index contributed by atoms with van der Waals surface area (Å²) in [6.45, 7) is 7.55. The van der Waals surface area contributed by atoms with E-state index in [1.807, 2.05) is 0 Å². The Morgan fingerprint density at radius 2 is 1.74 bits per heavy atom. The van der Waals surface area contributed by atoms with E-state index in [2.05, 4.69) is 20.8 Å². The highest BCUT2D eigenvalue weighted by molar-refractivity contribution is 5.07. The lowest BCUT2D eigenvalue weighted by molar-refractivity contribution is -0.171. The summed E-state index contributed by atoms with van der Waals surface area (Å²) in [6, 6.07) is 0. The Hall–Kier alpha value is -0.0800. The van der Waals surface area contributed by atoms with Crippen molar-refractivity contribution in [1.29, 1.82) is 0 Å². The maximum atomic E-state index is 11.6. The van der Waals surface area contributed by atoms with E-state index < -0.39 is 5.60 Å². The Labute approximate surface area is 119 Å². The van der Waals surface area contributed by atoms with Crippen LogP contribution in [0.15, 0.2) is 0 Å². The Morgan fingerprint density at radius 1 is 1.11 bits per heavy atom. The molecule has 0 heterocycles. The second kappa shape index (κ2) is 5.73. The Bertz CT molecular complexity index is 294. The van der Waals surface area contributed by atoms with E-state index >= 15 is 0 Å². The average molecular weight is 267 g/mol. The van der Waals surface area contributed by atoms with Crippen molar-refractivity contribution in [2.75, 3.05) is 6.54 Å². The maximum Gasteiger partial charge on any atom is 0.0746 e. The Morgan fingerprint density at radius 3 is 2.26 bits per heavy atom. The normalized spacial score (nSPS) is 44.5. The SMILES string of the molecule is CC1CCC(CN)(C2(O)CCCCC2C(C)C)CC1. The molecule has 0 amide bonds. The zero-order chi connectivity index (χ0) is 14.1. The van der Waals surface area contributed by atoms with Crippen molar-refractivity contribution in [3.05, 3.63) is 0 Å². The van der Waals surface area contributed by atoms with Crippen LogP contribution in [-0.4, -0.2) is 17.3 Å². The molecule has 2 aliphatic carbocycles. The van der Waals surface area contributed by atoms with Gasteiger partial charge in [0.1, 0.15) is 0 Å². The summed E-state index contributed by atoms with van der Waals surface area (Å²) < 4.78 is 0. The quantitative estimate of drug-likeness (QED) is 0.818. The molecule has 0 aromatic rings. The van der Waals surface area contributed by atoms with Gasteiger partial charge in [-0.05, 0) is 43.4 Å². The molecule has 2 fully saturated rings. The van der Waals surface area contributed by atoms with Gasteiger partial charge < -0.3 is 10.8 Å². The third kappa shape index (κ3) is 2.58. The van der Waals surface area contributed by atoms with Crippen LogP contribution in [0.3, 0.4) is 0 Å². The Balaban J connectivity index is 2.27. The van der Waals surface area contributed by atoms with Crippen LogP contribution in [0.4, 0.5) is 0 Å². The molecule has 2 atom stereocenters. The largest absolute Gasteiger partial charge is 0.389 e. The van der Waals surface area contributed by atoms with Crippen LogP contribution in [0.5, 0.6) is 0 Å². The second-order valence-corrected chi connectivity index (χ2v) is 7.69. The van der Waals surface area contributed by atoms with E-state index in [9.17, 15) is 5.11 Å². The summed E-state index contributed by atoms with van der Waals surface area (Å²) in [6.07, 6.45) is 9.36. The fourth-order valence-electron chi connectivity index (χ4n) is 4.85. The number of aliphatic hydroxyl groups is 1. The van der Waals surface area contributed by atoms with E-state index in [4.69, 9.17) is 5.73 Å². The van der Waals surface area contributed by atoms with Crippen molar-refractivity contribution in [1.82, 2.24) is 0 Å². The molecule has 0 radical (unpaired) electrons. The van der Waals surface area contributed by atoms with E-state index in [1.54, 1.807) is 0 Å². The highest BCUT2D eigenvalue weighted by atomic mass is 16.3. The zero-order valence-electron chi connectivity index (χ0n) is 13.1. The number of hydrogen-bond donors (Lipinski definition) is 2. The summed E-state index contributed by atoms with van der Waals surface area (Å²) in [7, 11) is 0. The molecule has 2 unspecified atom stereocenters. The zero-order valence-corrected chi connectivity index (χ0v) is 13.1. The lowest BCUT2D eigenvalue weighted by Gasteiger charge is -2.56. The van der Waals surface area contributed by atoms with Crippen molar-refractivity contribution in [2.24, 2.45) is 28.9 Å². The molecule has 2 heteroatoms. The van der Waals surface area contributed by atoms with Gasteiger partial charge in [-0.1, -0.05) is 46.5 Å². The molecular formula is C17H33NO. The standard InChI is InChI=1S/C17H33NO/c1-13(2)15-6-4-5-9-17(15,19)16(12-18)10-7-14(3)8-11-16/h13-15,19H,4-12,18H2,1-3H3. The van der Waals surface area contributed by atoms with Gasteiger partial charge in [-0.2, -0.15) is 0 Å². The van der Waals surface area contributed by atoms with Crippen molar-refractivity contribution in [3.8, 4) is 0 Å². The van der Waals surface area contributed by atoms with Crippen LogP contribution >= 0.6 is 0 Å². The highest BCUT2D eigenvalue weighted by Crippen LogP contribution is 2.55. The molecule has 0 aromatic carbocycles. The van der Waals surface area contributed by atoms with Crippen LogP contribution in [0.25, 0.3) is 0 Å². The Kier molecular flexibility index (Phi) is 4.62. The van der Waals surface area contributed by atoms with Crippen LogP contribution in [0, 0.1) is 23.2 Å². The summed E-state index contributed by atoms with van der Waals surface area (Å²) >= 11 is 0. The summed E-state index contributed by atoms with van der Waals surface area (Å²) in [5, 5.41) is 11.6. The number of rotatable bonds is 3. The molecule has 2 nitrogen and oxygen atoms in total. The van der Waals surface area contributed by atoms with Crippen LogP contribution < -0.4 is 5.73 Å². The summed E-state index contributed by atoms with van der Waals surface area (Å²) in [4.78, 5) is 0. The monoisotopic (exact) mass is 267 g/mol. The van der Waals surface area contributed by atoms with Gasteiger partial charge in [-0.15, -0.1) is 0 Å². The predicted molar refractivity (Wildman–Crippen MR) is 80.9 cm³/mol.